The van der Waals surface area contributed by atoms with Crippen molar-refractivity contribution in [2.24, 2.45) is 0 Å². The molecule has 0 aliphatic rings. The van der Waals surface area contributed by atoms with Crippen LogP contribution in [0.25, 0.3) is 0 Å². The first-order chi connectivity index (χ1) is 27.6. The van der Waals surface area contributed by atoms with Crippen molar-refractivity contribution in [3.8, 4) is 0 Å². The molecule has 0 spiro atoms. The number of nitrogens with zero attached hydrogens (tertiary/aromatic N) is 1. The standard InChI is InChI=1S/C49H93NO7/c1-6-8-10-12-14-16-18-20-22-23-24-25-26-28-30-32-34-36-38-40-48(52)57-45(43-55-42-41-46(49(53)54)50(3,4)5)44-56-47(51)39-37-35-33-31-29-27-21-19-17-15-13-11-9-7-2/h23-24,45-46H,6-22,25-44H2,1-5H3/p+1/b24-23+. The predicted molar refractivity (Wildman–Crippen MR) is 239 cm³/mol. The highest BCUT2D eigenvalue weighted by atomic mass is 16.6. The van der Waals surface area contributed by atoms with Crippen LogP contribution in [0, 0.1) is 0 Å². The number of ether oxygens (including phenoxy) is 3. The number of allylic oxidation sites excluding steroid dienone is 2. The van der Waals surface area contributed by atoms with Crippen molar-refractivity contribution in [3.63, 3.8) is 0 Å². The maximum absolute atomic E-state index is 12.8. The van der Waals surface area contributed by atoms with E-state index in [9.17, 15) is 19.5 Å². The van der Waals surface area contributed by atoms with E-state index in [1.807, 2.05) is 21.1 Å². The smallest absolute Gasteiger partial charge is 0.362 e. The highest BCUT2D eigenvalue weighted by molar-refractivity contribution is 5.72. The van der Waals surface area contributed by atoms with Gasteiger partial charge in [0.15, 0.2) is 12.1 Å². The summed E-state index contributed by atoms with van der Waals surface area (Å²) in [6.07, 6.45) is 43.9. The Labute approximate surface area is 352 Å². The first kappa shape index (κ1) is 55.1. The summed E-state index contributed by atoms with van der Waals surface area (Å²) in [6, 6.07) is -0.611. The quantitative estimate of drug-likeness (QED) is 0.0283. The molecular formula is C49H94NO7+. The van der Waals surface area contributed by atoms with Crippen LogP contribution in [0.1, 0.15) is 232 Å². The summed E-state index contributed by atoms with van der Waals surface area (Å²) in [5.41, 5.74) is 0. The SMILES string of the molecule is CCCCCCCCCC/C=C/CCCCCCCCCC(=O)OC(COCCC(C(=O)O)[N+](C)(C)C)COC(=O)CCCCCCCCCCCCCCCC. The van der Waals surface area contributed by atoms with Crippen molar-refractivity contribution in [1.29, 1.82) is 0 Å². The highest BCUT2D eigenvalue weighted by Crippen LogP contribution is 2.16. The number of hydrogen-bond donors (Lipinski definition) is 1. The molecule has 2 atom stereocenters. The van der Waals surface area contributed by atoms with E-state index < -0.39 is 18.1 Å². The Kier molecular flexibility index (Phi) is 39.4. The monoisotopic (exact) mass is 809 g/mol. The molecule has 2 unspecified atom stereocenters. The number of esters is 2. The summed E-state index contributed by atoms with van der Waals surface area (Å²) in [5.74, 6) is -1.45. The zero-order valence-electron chi connectivity index (χ0n) is 38.3. The van der Waals surface area contributed by atoms with Crippen molar-refractivity contribution < 1.29 is 38.2 Å². The summed E-state index contributed by atoms with van der Waals surface area (Å²) in [4.78, 5) is 37.0. The largest absolute Gasteiger partial charge is 0.477 e. The van der Waals surface area contributed by atoms with Crippen molar-refractivity contribution >= 4 is 17.9 Å². The van der Waals surface area contributed by atoms with E-state index in [0.717, 1.165) is 38.5 Å². The minimum Gasteiger partial charge on any atom is -0.477 e. The molecule has 0 aliphatic carbocycles. The molecule has 336 valence electrons. The van der Waals surface area contributed by atoms with Gasteiger partial charge in [-0.15, -0.1) is 0 Å². The number of carboxylic acids is 1. The van der Waals surface area contributed by atoms with Crippen LogP contribution in [-0.4, -0.2) is 80.6 Å². The molecule has 0 saturated carbocycles. The summed E-state index contributed by atoms with van der Waals surface area (Å²) in [6.45, 7) is 4.77. The number of quaternary nitrogens is 1. The fourth-order valence-corrected chi connectivity index (χ4v) is 7.38. The van der Waals surface area contributed by atoms with Gasteiger partial charge in [-0.25, -0.2) is 4.79 Å². The topological polar surface area (TPSA) is 99.1 Å². The summed E-state index contributed by atoms with van der Waals surface area (Å²) < 4.78 is 17.3. The first-order valence-corrected chi connectivity index (χ1v) is 24.2. The third kappa shape index (κ3) is 39.3. The number of hydrogen-bond acceptors (Lipinski definition) is 6. The van der Waals surface area contributed by atoms with E-state index in [-0.39, 0.29) is 36.2 Å². The zero-order chi connectivity index (χ0) is 42.1. The van der Waals surface area contributed by atoms with Crippen LogP contribution in [0.15, 0.2) is 12.2 Å². The molecule has 8 heteroatoms. The van der Waals surface area contributed by atoms with E-state index in [0.29, 0.717) is 19.3 Å². The van der Waals surface area contributed by atoms with Crippen LogP contribution in [0.4, 0.5) is 0 Å². The van der Waals surface area contributed by atoms with Crippen molar-refractivity contribution in [1.82, 2.24) is 0 Å². The van der Waals surface area contributed by atoms with Crippen LogP contribution < -0.4 is 0 Å². The van der Waals surface area contributed by atoms with Crippen molar-refractivity contribution in [2.75, 3.05) is 41.0 Å². The average molecular weight is 809 g/mol. The van der Waals surface area contributed by atoms with Gasteiger partial charge in [-0.1, -0.05) is 187 Å². The van der Waals surface area contributed by atoms with Crippen LogP contribution >= 0.6 is 0 Å². The third-order valence-corrected chi connectivity index (χ3v) is 11.2. The molecule has 0 aromatic carbocycles. The fourth-order valence-electron chi connectivity index (χ4n) is 7.38. The first-order valence-electron chi connectivity index (χ1n) is 24.2. The molecule has 0 rings (SSSR count). The minimum atomic E-state index is -0.872. The molecule has 0 saturated heterocycles. The average Bonchev–Trinajstić information content (AvgIpc) is 3.17. The lowest BCUT2D eigenvalue weighted by Crippen LogP contribution is -2.50. The van der Waals surface area contributed by atoms with Crippen LogP contribution in [-0.2, 0) is 28.6 Å². The predicted octanol–water partition coefficient (Wildman–Crippen LogP) is 13.5. The van der Waals surface area contributed by atoms with Gasteiger partial charge in [0.05, 0.1) is 34.4 Å². The number of rotatable bonds is 44. The second-order valence-electron chi connectivity index (χ2n) is 17.7. The number of unbranched alkanes of at least 4 members (excludes halogenated alkanes) is 28. The lowest BCUT2D eigenvalue weighted by atomic mass is 10.0. The number of likely N-dealkylation sites (N-methyl/N-ethyl adjacent to an activating group) is 1. The fraction of sp³-hybridized carbons (Fsp3) is 0.898. The van der Waals surface area contributed by atoms with E-state index in [1.165, 1.54) is 161 Å². The van der Waals surface area contributed by atoms with E-state index >= 15 is 0 Å². The Morgan fingerprint density at radius 2 is 0.877 bits per heavy atom. The van der Waals surface area contributed by atoms with Crippen LogP contribution in [0.2, 0.25) is 0 Å². The Hall–Kier alpha value is -1.93. The van der Waals surface area contributed by atoms with Gasteiger partial charge in [-0.3, -0.25) is 9.59 Å². The van der Waals surface area contributed by atoms with Gasteiger partial charge < -0.3 is 23.8 Å². The molecule has 0 heterocycles. The van der Waals surface area contributed by atoms with Crippen LogP contribution in [0.3, 0.4) is 0 Å². The Balaban J connectivity index is 4.26. The molecule has 0 radical (unpaired) electrons. The second kappa shape index (κ2) is 40.8. The minimum absolute atomic E-state index is 0.0464. The molecule has 0 amide bonds. The molecule has 0 aromatic heterocycles. The van der Waals surface area contributed by atoms with Gasteiger partial charge in [-0.05, 0) is 38.5 Å². The van der Waals surface area contributed by atoms with Gasteiger partial charge in [0.1, 0.15) is 6.61 Å². The van der Waals surface area contributed by atoms with E-state index in [2.05, 4.69) is 26.0 Å². The van der Waals surface area contributed by atoms with Gasteiger partial charge in [0, 0.05) is 19.3 Å². The Morgan fingerprint density at radius 3 is 1.26 bits per heavy atom. The third-order valence-electron chi connectivity index (χ3n) is 11.2. The van der Waals surface area contributed by atoms with Crippen LogP contribution in [0.5, 0.6) is 0 Å². The highest BCUT2D eigenvalue weighted by Gasteiger charge is 2.31. The zero-order valence-corrected chi connectivity index (χ0v) is 38.3. The summed E-state index contributed by atoms with van der Waals surface area (Å²) in [5, 5.41) is 9.63. The lowest BCUT2D eigenvalue weighted by Gasteiger charge is -2.31. The summed E-state index contributed by atoms with van der Waals surface area (Å²) in [7, 11) is 5.54. The van der Waals surface area contributed by atoms with E-state index in [1.54, 1.807) is 0 Å². The van der Waals surface area contributed by atoms with Gasteiger partial charge >= 0.3 is 17.9 Å². The number of carboxylic acid groups (broad SMARTS) is 1. The molecule has 1 N–H and O–H groups in total. The number of carbonyl (C=O) groups is 3. The number of carbonyl (C=O) groups excluding carboxylic acids is 2. The molecule has 0 bridgehead atoms. The normalized spacial score (nSPS) is 12.9. The molecule has 0 aliphatic heterocycles. The second-order valence-corrected chi connectivity index (χ2v) is 17.7. The lowest BCUT2D eigenvalue weighted by molar-refractivity contribution is -0.887. The molecule has 8 nitrogen and oxygen atoms in total. The number of aliphatic carboxylic acids is 1. The van der Waals surface area contributed by atoms with Gasteiger partial charge in [-0.2, -0.15) is 0 Å². The summed E-state index contributed by atoms with van der Waals surface area (Å²) >= 11 is 0. The van der Waals surface area contributed by atoms with E-state index in [4.69, 9.17) is 14.2 Å². The van der Waals surface area contributed by atoms with Gasteiger partial charge in [0.25, 0.3) is 0 Å². The van der Waals surface area contributed by atoms with Gasteiger partial charge in [0.2, 0.25) is 0 Å². The molecule has 57 heavy (non-hydrogen) atoms. The van der Waals surface area contributed by atoms with Crippen molar-refractivity contribution in [3.05, 3.63) is 12.2 Å². The Morgan fingerprint density at radius 1 is 0.509 bits per heavy atom. The Bertz CT molecular complexity index is 947. The molecule has 0 aromatic rings. The molecule has 0 fully saturated rings. The molecular weight excluding hydrogens is 715 g/mol. The maximum Gasteiger partial charge on any atom is 0.362 e. The maximum atomic E-state index is 12.8. The van der Waals surface area contributed by atoms with Crippen molar-refractivity contribution in [2.45, 2.75) is 244 Å².